The Labute approximate surface area is 109 Å². The summed E-state index contributed by atoms with van der Waals surface area (Å²) in [5, 5.41) is 0. The van der Waals surface area contributed by atoms with Gasteiger partial charge in [0, 0.05) is 6.54 Å². The number of nitrogen functional groups attached to an aromatic ring is 1. The van der Waals surface area contributed by atoms with Crippen LogP contribution in [0.3, 0.4) is 0 Å². The maximum atomic E-state index is 5.60. The summed E-state index contributed by atoms with van der Waals surface area (Å²) in [6.45, 7) is 5.66. The summed E-state index contributed by atoms with van der Waals surface area (Å²) < 4.78 is 6.38. The van der Waals surface area contributed by atoms with Crippen LogP contribution >= 0.6 is 15.9 Å². The largest absolute Gasteiger partial charge is 0.375 e. The Bertz CT molecular complexity index is 402. The van der Waals surface area contributed by atoms with Gasteiger partial charge in [0.25, 0.3) is 0 Å². The Morgan fingerprint density at radius 1 is 1.53 bits per heavy atom. The van der Waals surface area contributed by atoms with Crippen LogP contribution in [-0.2, 0) is 4.74 Å². The lowest BCUT2D eigenvalue weighted by Crippen LogP contribution is -2.48. The number of hydrogen-bond acceptors (Lipinski definition) is 6. The van der Waals surface area contributed by atoms with Gasteiger partial charge in [-0.2, -0.15) is 0 Å². The average Bonchev–Trinajstić information content (AvgIpc) is 2.33. The zero-order valence-corrected chi connectivity index (χ0v) is 11.4. The monoisotopic (exact) mass is 301 g/mol. The van der Waals surface area contributed by atoms with E-state index in [1.165, 1.54) is 6.33 Å². The van der Waals surface area contributed by atoms with Gasteiger partial charge in [-0.3, -0.25) is 0 Å². The normalized spacial score (nSPS) is 24.8. The summed E-state index contributed by atoms with van der Waals surface area (Å²) in [7, 11) is 0. The molecule has 1 aromatic rings. The zero-order valence-electron chi connectivity index (χ0n) is 9.85. The number of nitrogens with one attached hydrogen (secondary N) is 1. The minimum atomic E-state index is 0.197. The number of morpholine rings is 1. The molecule has 17 heavy (non-hydrogen) atoms. The third kappa shape index (κ3) is 2.51. The van der Waals surface area contributed by atoms with Gasteiger partial charge in [0.2, 0.25) is 0 Å². The number of nitrogens with zero attached hydrogens (tertiary/aromatic N) is 3. The number of anilines is 2. The third-order valence-electron chi connectivity index (χ3n) is 2.79. The van der Waals surface area contributed by atoms with Crippen LogP contribution in [-0.4, -0.2) is 35.3 Å². The second kappa shape index (κ2) is 5.16. The highest BCUT2D eigenvalue weighted by molar-refractivity contribution is 9.10. The molecule has 0 spiro atoms. The molecule has 1 fully saturated rings. The SMILES string of the molecule is CC1CN(c2ncnc(NN)c2Br)C(C)CO1. The van der Waals surface area contributed by atoms with Gasteiger partial charge in [-0.25, -0.2) is 15.8 Å². The first-order chi connectivity index (χ1) is 8.13. The van der Waals surface area contributed by atoms with Gasteiger partial charge in [-0.1, -0.05) is 0 Å². The molecule has 6 nitrogen and oxygen atoms in total. The van der Waals surface area contributed by atoms with Crippen LogP contribution in [0, 0.1) is 0 Å². The maximum Gasteiger partial charge on any atom is 0.159 e. The summed E-state index contributed by atoms with van der Waals surface area (Å²) in [4.78, 5) is 10.6. The minimum Gasteiger partial charge on any atom is -0.375 e. The van der Waals surface area contributed by atoms with E-state index < -0.39 is 0 Å². The Morgan fingerprint density at radius 2 is 2.29 bits per heavy atom. The number of ether oxygens (including phenoxy) is 1. The van der Waals surface area contributed by atoms with E-state index in [0.717, 1.165) is 16.8 Å². The zero-order chi connectivity index (χ0) is 12.4. The fraction of sp³-hybridized carbons (Fsp3) is 0.600. The van der Waals surface area contributed by atoms with E-state index in [2.05, 4.69) is 50.1 Å². The molecular weight excluding hydrogens is 286 g/mol. The highest BCUT2D eigenvalue weighted by Gasteiger charge is 2.26. The van der Waals surface area contributed by atoms with Crippen LogP contribution in [0.5, 0.6) is 0 Å². The summed E-state index contributed by atoms with van der Waals surface area (Å²) >= 11 is 3.47. The van der Waals surface area contributed by atoms with Gasteiger partial charge in [-0.15, -0.1) is 0 Å². The third-order valence-corrected chi connectivity index (χ3v) is 3.52. The van der Waals surface area contributed by atoms with E-state index in [9.17, 15) is 0 Å². The fourth-order valence-electron chi connectivity index (χ4n) is 1.86. The highest BCUT2D eigenvalue weighted by atomic mass is 79.9. The van der Waals surface area contributed by atoms with Crippen molar-refractivity contribution in [3.05, 3.63) is 10.8 Å². The van der Waals surface area contributed by atoms with E-state index in [-0.39, 0.29) is 12.1 Å². The number of halogens is 1. The lowest BCUT2D eigenvalue weighted by molar-refractivity contribution is 0.0340. The molecular formula is C10H16BrN5O. The summed E-state index contributed by atoms with van der Waals surface area (Å²) in [6.07, 6.45) is 1.70. The Morgan fingerprint density at radius 3 is 3.00 bits per heavy atom. The molecule has 2 atom stereocenters. The number of hydrogen-bond donors (Lipinski definition) is 2. The second-order valence-electron chi connectivity index (χ2n) is 4.15. The molecule has 2 unspecified atom stereocenters. The first-order valence-electron chi connectivity index (χ1n) is 5.48. The molecule has 2 heterocycles. The van der Waals surface area contributed by atoms with Gasteiger partial charge in [-0.05, 0) is 29.8 Å². The van der Waals surface area contributed by atoms with Crippen LogP contribution in [0.25, 0.3) is 0 Å². The predicted molar refractivity (Wildman–Crippen MR) is 69.8 cm³/mol. The Kier molecular flexibility index (Phi) is 3.80. The number of rotatable bonds is 2. The smallest absolute Gasteiger partial charge is 0.159 e. The van der Waals surface area contributed by atoms with Gasteiger partial charge in [0.05, 0.1) is 18.8 Å². The Balaban J connectivity index is 2.32. The molecule has 2 rings (SSSR count). The summed E-state index contributed by atoms with van der Waals surface area (Å²) in [6, 6.07) is 0.281. The van der Waals surface area contributed by atoms with Crippen molar-refractivity contribution >= 4 is 27.6 Å². The van der Waals surface area contributed by atoms with E-state index in [0.29, 0.717) is 12.4 Å². The topological polar surface area (TPSA) is 76.3 Å². The van der Waals surface area contributed by atoms with Gasteiger partial charge in [0.1, 0.15) is 16.6 Å². The van der Waals surface area contributed by atoms with Crippen molar-refractivity contribution in [3.63, 3.8) is 0 Å². The van der Waals surface area contributed by atoms with Gasteiger partial charge in [0.15, 0.2) is 5.82 Å². The van der Waals surface area contributed by atoms with Crippen molar-refractivity contribution in [3.8, 4) is 0 Å². The van der Waals surface area contributed by atoms with Crippen molar-refractivity contribution < 1.29 is 4.74 Å². The Hall–Kier alpha value is -0.920. The molecule has 0 aromatic carbocycles. The van der Waals surface area contributed by atoms with Crippen molar-refractivity contribution in [2.45, 2.75) is 26.0 Å². The minimum absolute atomic E-state index is 0.197. The van der Waals surface area contributed by atoms with E-state index in [4.69, 9.17) is 10.6 Å². The van der Waals surface area contributed by atoms with Crippen molar-refractivity contribution in [2.75, 3.05) is 23.5 Å². The first kappa shape index (κ1) is 12.5. The van der Waals surface area contributed by atoms with Crippen LogP contribution in [0.2, 0.25) is 0 Å². The van der Waals surface area contributed by atoms with Gasteiger partial charge < -0.3 is 15.1 Å². The van der Waals surface area contributed by atoms with Crippen LogP contribution in [0.4, 0.5) is 11.6 Å². The van der Waals surface area contributed by atoms with E-state index in [1.54, 1.807) is 0 Å². The summed E-state index contributed by atoms with van der Waals surface area (Å²) in [5.74, 6) is 6.83. The van der Waals surface area contributed by atoms with Crippen molar-refractivity contribution in [1.29, 1.82) is 0 Å². The molecule has 0 saturated carbocycles. The molecule has 7 heteroatoms. The van der Waals surface area contributed by atoms with Crippen LogP contribution in [0.1, 0.15) is 13.8 Å². The van der Waals surface area contributed by atoms with Crippen molar-refractivity contribution in [1.82, 2.24) is 9.97 Å². The first-order valence-corrected chi connectivity index (χ1v) is 6.28. The lowest BCUT2D eigenvalue weighted by atomic mass is 10.2. The summed E-state index contributed by atoms with van der Waals surface area (Å²) in [5.41, 5.74) is 2.54. The molecule has 0 aliphatic carbocycles. The standard InChI is InChI=1S/C10H16BrN5O/c1-6-4-17-7(2)3-16(6)10-8(11)9(15-12)13-5-14-10/h5-7H,3-4,12H2,1-2H3,(H,13,14,15). The molecule has 0 amide bonds. The highest BCUT2D eigenvalue weighted by Crippen LogP contribution is 2.31. The lowest BCUT2D eigenvalue weighted by Gasteiger charge is -2.38. The average molecular weight is 302 g/mol. The molecule has 94 valence electrons. The van der Waals surface area contributed by atoms with Crippen molar-refractivity contribution in [2.24, 2.45) is 5.84 Å². The molecule has 0 bridgehead atoms. The number of nitrogens with two attached hydrogens (primary N) is 1. The second-order valence-corrected chi connectivity index (χ2v) is 4.94. The molecule has 1 aliphatic rings. The number of hydrazine groups is 1. The van der Waals surface area contributed by atoms with E-state index in [1.807, 2.05) is 0 Å². The molecule has 0 radical (unpaired) electrons. The predicted octanol–water partition coefficient (Wildman–Crippen LogP) is 1.14. The number of aromatic nitrogens is 2. The molecule has 3 N–H and O–H groups in total. The maximum absolute atomic E-state index is 5.60. The van der Waals surface area contributed by atoms with Crippen LogP contribution in [0.15, 0.2) is 10.8 Å². The van der Waals surface area contributed by atoms with E-state index >= 15 is 0 Å². The molecule has 1 aromatic heterocycles. The van der Waals surface area contributed by atoms with Gasteiger partial charge >= 0.3 is 0 Å². The van der Waals surface area contributed by atoms with Crippen LogP contribution < -0.4 is 16.2 Å². The fourth-order valence-corrected chi connectivity index (χ4v) is 2.41. The molecule has 1 aliphatic heterocycles. The quantitative estimate of drug-likeness (QED) is 0.630. The molecule has 1 saturated heterocycles.